The van der Waals surface area contributed by atoms with Gasteiger partial charge in [0.1, 0.15) is 5.75 Å². The third-order valence-corrected chi connectivity index (χ3v) is 5.47. The standard InChI is InChI=1S/C28H31O5/c1-4-28(30,26(31-5-2)27(29)32-6-3)33-24-19-13-18-23(20-24)25(21-14-9-7-10-15-21)22-16-11-8-12-17-22/h7-20,25-26H,4-6H2,1-3H3. The fourth-order valence-electron chi connectivity index (χ4n) is 3.90. The Labute approximate surface area is 195 Å². The topological polar surface area (TPSA) is 64.7 Å². The normalized spacial score (nSPS) is 13.8. The van der Waals surface area contributed by atoms with Gasteiger partial charge in [-0.15, -0.1) is 0 Å². The van der Waals surface area contributed by atoms with Crippen LogP contribution in [-0.4, -0.2) is 31.1 Å². The van der Waals surface area contributed by atoms with E-state index in [2.05, 4.69) is 24.3 Å². The number of carbonyl (C=O) groups is 1. The Morgan fingerprint density at radius 1 is 0.788 bits per heavy atom. The molecule has 5 nitrogen and oxygen atoms in total. The first kappa shape index (κ1) is 24.5. The van der Waals surface area contributed by atoms with Crippen molar-refractivity contribution < 1.29 is 24.1 Å². The molecule has 0 saturated carbocycles. The van der Waals surface area contributed by atoms with Crippen LogP contribution in [0.25, 0.3) is 0 Å². The summed E-state index contributed by atoms with van der Waals surface area (Å²) in [6, 6.07) is 27.8. The SMILES string of the molecule is CCOC(=O)C(OCC)C([O])(CC)Oc1cccc(C(c2ccccc2)c2ccccc2)c1. The van der Waals surface area contributed by atoms with Gasteiger partial charge in [-0.25, -0.2) is 4.79 Å². The van der Waals surface area contributed by atoms with Gasteiger partial charge in [-0.1, -0.05) is 79.7 Å². The van der Waals surface area contributed by atoms with E-state index in [0.717, 1.165) is 16.7 Å². The van der Waals surface area contributed by atoms with Gasteiger partial charge in [-0.3, -0.25) is 0 Å². The van der Waals surface area contributed by atoms with Crippen molar-refractivity contribution in [1.82, 2.24) is 0 Å². The van der Waals surface area contributed by atoms with Crippen LogP contribution in [0.15, 0.2) is 84.9 Å². The summed E-state index contributed by atoms with van der Waals surface area (Å²) >= 11 is 0. The van der Waals surface area contributed by atoms with E-state index >= 15 is 0 Å². The predicted octanol–water partition coefficient (Wildman–Crippen LogP) is 5.75. The number of carbonyl (C=O) groups excluding carboxylic acids is 1. The van der Waals surface area contributed by atoms with Crippen molar-refractivity contribution in [2.75, 3.05) is 13.2 Å². The monoisotopic (exact) mass is 447 g/mol. The molecule has 0 aliphatic heterocycles. The van der Waals surface area contributed by atoms with Crippen molar-refractivity contribution in [3.05, 3.63) is 102 Å². The maximum absolute atomic E-state index is 13.6. The Hall–Kier alpha value is -3.15. The van der Waals surface area contributed by atoms with Crippen LogP contribution in [0.3, 0.4) is 0 Å². The lowest BCUT2D eigenvalue weighted by molar-refractivity contribution is -0.256. The summed E-state index contributed by atoms with van der Waals surface area (Å²) in [6.45, 7) is 5.46. The second-order valence-corrected chi connectivity index (χ2v) is 7.68. The first-order valence-electron chi connectivity index (χ1n) is 11.4. The van der Waals surface area contributed by atoms with Crippen LogP contribution < -0.4 is 4.74 Å². The van der Waals surface area contributed by atoms with Crippen molar-refractivity contribution in [3.8, 4) is 5.75 Å². The highest BCUT2D eigenvalue weighted by molar-refractivity contribution is 5.76. The third-order valence-electron chi connectivity index (χ3n) is 5.47. The molecular formula is C28H31O5. The van der Waals surface area contributed by atoms with E-state index in [0.29, 0.717) is 5.75 Å². The first-order chi connectivity index (χ1) is 16.0. The minimum atomic E-state index is -2.12. The molecule has 173 valence electrons. The van der Waals surface area contributed by atoms with Gasteiger partial charge in [0.2, 0.25) is 6.10 Å². The second-order valence-electron chi connectivity index (χ2n) is 7.68. The quantitative estimate of drug-likeness (QED) is 0.213. The van der Waals surface area contributed by atoms with Gasteiger partial charge in [0.25, 0.3) is 5.79 Å². The molecule has 1 radical (unpaired) electrons. The van der Waals surface area contributed by atoms with E-state index < -0.39 is 17.9 Å². The lowest BCUT2D eigenvalue weighted by atomic mass is 9.85. The molecule has 0 aromatic heterocycles. The molecule has 0 heterocycles. The molecule has 0 bridgehead atoms. The fourth-order valence-corrected chi connectivity index (χ4v) is 3.90. The molecule has 3 rings (SSSR count). The summed E-state index contributed by atoms with van der Waals surface area (Å²) in [5, 5.41) is 13.6. The summed E-state index contributed by atoms with van der Waals surface area (Å²) < 4.78 is 16.5. The van der Waals surface area contributed by atoms with Gasteiger partial charge >= 0.3 is 5.97 Å². The van der Waals surface area contributed by atoms with E-state index in [1.165, 1.54) is 0 Å². The molecule has 2 unspecified atom stereocenters. The van der Waals surface area contributed by atoms with E-state index in [1.807, 2.05) is 54.6 Å². The van der Waals surface area contributed by atoms with E-state index in [-0.39, 0.29) is 25.6 Å². The summed E-state index contributed by atoms with van der Waals surface area (Å²) in [5.74, 6) is -2.48. The van der Waals surface area contributed by atoms with Crippen LogP contribution in [0, 0.1) is 0 Å². The maximum atomic E-state index is 13.6. The number of esters is 1. The minimum Gasteiger partial charge on any atom is -0.464 e. The lowest BCUT2D eigenvalue weighted by Gasteiger charge is -2.32. The number of ether oxygens (including phenoxy) is 3. The van der Waals surface area contributed by atoms with Crippen molar-refractivity contribution in [1.29, 1.82) is 0 Å². The molecule has 0 spiro atoms. The molecule has 0 N–H and O–H groups in total. The first-order valence-corrected chi connectivity index (χ1v) is 11.4. The fraction of sp³-hybridized carbons (Fsp3) is 0.321. The second kappa shape index (κ2) is 11.6. The van der Waals surface area contributed by atoms with Crippen LogP contribution in [0.5, 0.6) is 5.75 Å². The zero-order valence-corrected chi connectivity index (χ0v) is 19.4. The maximum Gasteiger partial charge on any atom is 0.342 e. The zero-order valence-electron chi connectivity index (χ0n) is 19.4. The Balaban J connectivity index is 1.98. The van der Waals surface area contributed by atoms with Gasteiger partial charge in [0, 0.05) is 18.9 Å². The smallest absolute Gasteiger partial charge is 0.342 e. The Bertz CT molecular complexity index is 966. The molecule has 0 fully saturated rings. The van der Waals surface area contributed by atoms with Crippen LogP contribution in [0.2, 0.25) is 0 Å². The van der Waals surface area contributed by atoms with Crippen molar-refractivity contribution in [2.45, 2.75) is 45.0 Å². The van der Waals surface area contributed by atoms with Crippen molar-refractivity contribution in [2.24, 2.45) is 0 Å². The van der Waals surface area contributed by atoms with Crippen LogP contribution in [0.1, 0.15) is 49.8 Å². The van der Waals surface area contributed by atoms with Crippen LogP contribution in [0.4, 0.5) is 0 Å². The number of rotatable bonds is 11. The van der Waals surface area contributed by atoms with Gasteiger partial charge in [-0.05, 0) is 42.7 Å². The number of hydrogen-bond donors (Lipinski definition) is 0. The Kier molecular flexibility index (Phi) is 8.64. The highest BCUT2D eigenvalue weighted by Gasteiger charge is 2.46. The van der Waals surface area contributed by atoms with Gasteiger partial charge in [0.15, 0.2) is 0 Å². The Morgan fingerprint density at radius 3 is 1.88 bits per heavy atom. The average molecular weight is 448 g/mol. The average Bonchev–Trinajstić information content (AvgIpc) is 2.84. The van der Waals surface area contributed by atoms with E-state index in [4.69, 9.17) is 14.2 Å². The largest absolute Gasteiger partial charge is 0.464 e. The molecule has 0 aliphatic rings. The highest BCUT2D eigenvalue weighted by atomic mass is 16.7. The number of hydrogen-bond acceptors (Lipinski definition) is 4. The van der Waals surface area contributed by atoms with Crippen molar-refractivity contribution in [3.63, 3.8) is 0 Å². The minimum absolute atomic E-state index is 0.0293. The van der Waals surface area contributed by atoms with Crippen molar-refractivity contribution >= 4 is 5.97 Å². The summed E-state index contributed by atoms with van der Waals surface area (Å²) in [6.07, 6.45) is -1.34. The highest BCUT2D eigenvalue weighted by Crippen LogP contribution is 2.35. The number of benzene rings is 3. The molecule has 5 heteroatoms. The van der Waals surface area contributed by atoms with E-state index in [9.17, 15) is 9.90 Å². The van der Waals surface area contributed by atoms with Gasteiger partial charge in [-0.2, -0.15) is 5.11 Å². The molecule has 3 aromatic rings. The zero-order chi connectivity index (χ0) is 23.7. The van der Waals surface area contributed by atoms with Crippen LogP contribution in [-0.2, 0) is 19.4 Å². The molecule has 0 amide bonds. The predicted molar refractivity (Wildman–Crippen MR) is 127 cm³/mol. The summed E-state index contributed by atoms with van der Waals surface area (Å²) in [4.78, 5) is 12.4. The molecule has 2 atom stereocenters. The van der Waals surface area contributed by atoms with Crippen LogP contribution >= 0.6 is 0 Å². The molecule has 3 aromatic carbocycles. The molecule has 33 heavy (non-hydrogen) atoms. The van der Waals surface area contributed by atoms with E-state index in [1.54, 1.807) is 26.8 Å². The summed E-state index contributed by atoms with van der Waals surface area (Å²) in [7, 11) is 0. The molecule has 0 saturated heterocycles. The van der Waals surface area contributed by atoms with Gasteiger partial charge in [0.05, 0.1) is 6.61 Å². The summed E-state index contributed by atoms with van der Waals surface area (Å²) in [5.41, 5.74) is 3.24. The molecular weight excluding hydrogens is 416 g/mol. The van der Waals surface area contributed by atoms with Gasteiger partial charge < -0.3 is 14.2 Å². The third kappa shape index (κ3) is 6.01. The lowest BCUT2D eigenvalue weighted by Crippen LogP contribution is -2.52. The Morgan fingerprint density at radius 2 is 1.36 bits per heavy atom. The molecule has 0 aliphatic carbocycles.